The highest BCUT2D eigenvalue weighted by atomic mass is 35.5. The fourth-order valence-electron chi connectivity index (χ4n) is 4.64. The van der Waals surface area contributed by atoms with E-state index in [1.165, 1.54) is 0 Å². The van der Waals surface area contributed by atoms with Crippen LogP contribution in [0.4, 0.5) is 0 Å². The zero-order chi connectivity index (χ0) is 19.8. The Hall–Kier alpha value is -0.700. The van der Waals surface area contributed by atoms with Gasteiger partial charge in [-0.3, -0.25) is 4.90 Å². The van der Waals surface area contributed by atoms with Crippen LogP contribution in [0.2, 0.25) is 5.02 Å². The fourth-order valence-corrected chi connectivity index (χ4v) is 6.57. The molecular weight excluding hydrogens is 398 g/mol. The summed E-state index contributed by atoms with van der Waals surface area (Å²) in [5.74, 6) is 0. The van der Waals surface area contributed by atoms with Crippen molar-refractivity contribution in [1.29, 1.82) is 0 Å². The number of hydrogen-bond donors (Lipinski definition) is 0. The normalized spacial score (nSPS) is 27.4. The van der Waals surface area contributed by atoms with Gasteiger partial charge in [0.1, 0.15) is 4.90 Å². The summed E-state index contributed by atoms with van der Waals surface area (Å²) in [7, 11) is -1.38. The minimum absolute atomic E-state index is 0.149. The van der Waals surface area contributed by atoms with Crippen molar-refractivity contribution in [2.45, 2.75) is 42.3 Å². The van der Waals surface area contributed by atoms with Gasteiger partial charge in [0.25, 0.3) is 0 Å². The van der Waals surface area contributed by atoms with Gasteiger partial charge in [0.15, 0.2) is 0 Å². The molecule has 1 aromatic carbocycles. The lowest BCUT2D eigenvalue weighted by molar-refractivity contribution is -0.0777. The van der Waals surface area contributed by atoms with Crippen LogP contribution >= 0.6 is 11.6 Å². The van der Waals surface area contributed by atoms with Gasteiger partial charge < -0.3 is 9.64 Å². The summed E-state index contributed by atoms with van der Waals surface area (Å²) in [5.41, 5.74) is -0.149. The lowest BCUT2D eigenvalue weighted by Gasteiger charge is -2.39. The van der Waals surface area contributed by atoms with E-state index in [2.05, 4.69) is 16.8 Å². The summed E-state index contributed by atoms with van der Waals surface area (Å²) in [5, 5.41) is 0.284. The molecule has 0 aliphatic carbocycles. The summed E-state index contributed by atoms with van der Waals surface area (Å²) in [6.45, 7) is 6.43. The van der Waals surface area contributed by atoms with E-state index in [0.29, 0.717) is 13.1 Å². The quantitative estimate of drug-likeness (QED) is 0.737. The van der Waals surface area contributed by atoms with Crippen LogP contribution in [0.25, 0.3) is 0 Å². The molecule has 28 heavy (non-hydrogen) atoms. The van der Waals surface area contributed by atoms with E-state index >= 15 is 0 Å². The van der Waals surface area contributed by atoms with Gasteiger partial charge in [-0.2, -0.15) is 4.31 Å². The molecule has 1 spiro atoms. The van der Waals surface area contributed by atoms with Crippen molar-refractivity contribution >= 4 is 21.6 Å². The third-order valence-corrected chi connectivity index (χ3v) is 8.88. The Bertz CT molecular complexity index is 788. The Morgan fingerprint density at radius 1 is 1.07 bits per heavy atom. The van der Waals surface area contributed by atoms with Gasteiger partial charge in [-0.15, -0.1) is 0 Å². The molecule has 8 heteroatoms. The molecule has 0 amide bonds. The average Bonchev–Trinajstić information content (AvgIpc) is 3.06. The van der Waals surface area contributed by atoms with E-state index in [4.69, 9.17) is 16.3 Å². The number of rotatable bonds is 4. The van der Waals surface area contributed by atoms with Gasteiger partial charge in [0.05, 0.1) is 16.7 Å². The van der Waals surface area contributed by atoms with Crippen LogP contribution in [0.3, 0.4) is 0 Å². The number of piperazine rings is 1. The smallest absolute Gasteiger partial charge is 0.244 e. The first-order chi connectivity index (χ1) is 13.4. The summed E-state index contributed by atoms with van der Waals surface area (Å²) in [6.07, 6.45) is 3.90. The van der Waals surface area contributed by atoms with Crippen LogP contribution < -0.4 is 0 Å². The topological polar surface area (TPSA) is 53.1 Å². The molecule has 3 aliphatic rings. The van der Waals surface area contributed by atoms with Crippen molar-refractivity contribution in [3.05, 3.63) is 29.3 Å². The Kier molecular flexibility index (Phi) is 6.03. The van der Waals surface area contributed by atoms with Crippen molar-refractivity contribution in [1.82, 2.24) is 14.1 Å². The van der Waals surface area contributed by atoms with Crippen LogP contribution in [0.15, 0.2) is 29.2 Å². The van der Waals surface area contributed by atoms with Gasteiger partial charge >= 0.3 is 0 Å². The fraction of sp³-hybridized carbons (Fsp3) is 0.700. The van der Waals surface area contributed by atoms with Crippen LogP contribution in [0.1, 0.15) is 25.7 Å². The van der Waals surface area contributed by atoms with Gasteiger partial charge in [-0.05, 0) is 44.9 Å². The molecule has 0 radical (unpaired) electrons. The molecule has 156 valence electrons. The Morgan fingerprint density at radius 3 is 2.43 bits per heavy atom. The van der Waals surface area contributed by atoms with E-state index in [0.717, 1.165) is 58.4 Å². The molecule has 0 saturated carbocycles. The highest BCUT2D eigenvalue weighted by Crippen LogP contribution is 2.40. The van der Waals surface area contributed by atoms with Crippen molar-refractivity contribution in [3.63, 3.8) is 0 Å². The van der Waals surface area contributed by atoms with Gasteiger partial charge in [-0.1, -0.05) is 23.7 Å². The predicted molar refractivity (Wildman–Crippen MR) is 110 cm³/mol. The summed E-state index contributed by atoms with van der Waals surface area (Å²) in [6, 6.07) is 6.68. The minimum Gasteiger partial charge on any atom is -0.370 e. The van der Waals surface area contributed by atoms with E-state index in [1.807, 2.05) is 0 Å². The molecule has 6 nitrogen and oxygen atoms in total. The van der Waals surface area contributed by atoms with Crippen molar-refractivity contribution in [3.8, 4) is 0 Å². The number of nitrogens with zero attached hydrogens (tertiary/aromatic N) is 3. The molecule has 0 bridgehead atoms. The average molecular weight is 428 g/mol. The molecular formula is C20H30ClN3O3S. The van der Waals surface area contributed by atoms with Crippen LogP contribution in [0, 0.1) is 0 Å². The Morgan fingerprint density at radius 2 is 1.75 bits per heavy atom. The number of halogens is 1. The Labute approximate surface area is 173 Å². The van der Waals surface area contributed by atoms with E-state index in [1.54, 1.807) is 28.6 Å². The lowest BCUT2D eigenvalue weighted by Crippen LogP contribution is -2.49. The molecule has 1 atom stereocenters. The standard InChI is InChI=1S/C20H30ClN3O3S/c1-22-12-14-23(15-13-22)16-17-6-7-20(27-17)8-10-24(11-9-20)28(25,26)19-5-3-2-4-18(19)21/h2-5,17H,6-16H2,1H3/t17-/m1/s1. The molecule has 3 saturated heterocycles. The largest absolute Gasteiger partial charge is 0.370 e. The van der Waals surface area contributed by atoms with Crippen molar-refractivity contribution in [2.75, 3.05) is 52.9 Å². The second-order valence-electron chi connectivity index (χ2n) is 8.40. The number of likely N-dealkylation sites (N-methyl/N-ethyl adjacent to an activating group) is 1. The minimum atomic E-state index is -3.55. The van der Waals surface area contributed by atoms with Crippen LogP contribution in [-0.4, -0.2) is 87.1 Å². The number of hydrogen-bond acceptors (Lipinski definition) is 5. The van der Waals surface area contributed by atoms with Crippen LogP contribution in [0.5, 0.6) is 0 Å². The van der Waals surface area contributed by atoms with Gasteiger partial charge in [0, 0.05) is 45.8 Å². The highest BCUT2D eigenvalue weighted by molar-refractivity contribution is 7.89. The number of ether oxygens (including phenoxy) is 1. The second kappa shape index (κ2) is 8.20. The molecule has 0 aromatic heterocycles. The Balaban J connectivity index is 1.33. The van der Waals surface area contributed by atoms with E-state index < -0.39 is 10.0 Å². The molecule has 1 aromatic rings. The maximum atomic E-state index is 13.0. The molecule has 4 rings (SSSR count). The first-order valence-corrected chi connectivity index (χ1v) is 12.0. The van der Waals surface area contributed by atoms with Gasteiger partial charge in [0.2, 0.25) is 10.0 Å². The van der Waals surface area contributed by atoms with E-state index in [9.17, 15) is 8.42 Å². The first kappa shape index (κ1) is 20.6. The lowest BCUT2D eigenvalue weighted by atomic mass is 9.89. The number of piperidine rings is 1. The summed E-state index contributed by atoms with van der Waals surface area (Å²) in [4.78, 5) is 5.07. The molecule has 3 heterocycles. The number of benzene rings is 1. The SMILES string of the molecule is CN1CCN(C[C@H]2CCC3(CCN(S(=O)(=O)c4ccccc4Cl)CC3)O2)CC1. The predicted octanol–water partition coefficient (Wildman–Crippen LogP) is 2.29. The second-order valence-corrected chi connectivity index (χ2v) is 10.7. The zero-order valence-electron chi connectivity index (χ0n) is 16.5. The maximum absolute atomic E-state index is 13.0. The van der Waals surface area contributed by atoms with E-state index in [-0.39, 0.29) is 21.6 Å². The zero-order valence-corrected chi connectivity index (χ0v) is 18.1. The molecule has 3 fully saturated rings. The first-order valence-electron chi connectivity index (χ1n) is 10.2. The number of sulfonamides is 1. The molecule has 3 aliphatic heterocycles. The summed E-state index contributed by atoms with van der Waals surface area (Å²) < 4.78 is 34.0. The third-order valence-electron chi connectivity index (χ3n) is 6.48. The monoisotopic (exact) mass is 427 g/mol. The highest BCUT2D eigenvalue weighted by Gasteiger charge is 2.45. The maximum Gasteiger partial charge on any atom is 0.244 e. The van der Waals surface area contributed by atoms with Crippen molar-refractivity contribution in [2.24, 2.45) is 0 Å². The van der Waals surface area contributed by atoms with Crippen molar-refractivity contribution < 1.29 is 13.2 Å². The summed E-state index contributed by atoms with van der Waals surface area (Å²) >= 11 is 6.13. The third kappa shape index (κ3) is 4.25. The molecule has 0 unspecified atom stereocenters. The molecule has 0 N–H and O–H groups in total. The van der Waals surface area contributed by atoms with Gasteiger partial charge in [-0.25, -0.2) is 8.42 Å². The van der Waals surface area contributed by atoms with Crippen LogP contribution in [-0.2, 0) is 14.8 Å².